The molecule has 8 nitrogen and oxygen atoms in total. The molecule has 1 aliphatic carbocycles. The molecular weight excluding hydrogens is 452 g/mol. The van der Waals surface area contributed by atoms with Crippen molar-refractivity contribution in [3.63, 3.8) is 0 Å². The fraction of sp³-hybridized carbons (Fsp3) is 0.333. The van der Waals surface area contributed by atoms with Crippen LogP contribution in [0.25, 0.3) is 0 Å². The summed E-state index contributed by atoms with van der Waals surface area (Å²) >= 11 is 6.49. The Kier molecular flexibility index (Phi) is 5.12. The Balaban J connectivity index is 1.53. The minimum atomic E-state index is -1.55. The van der Waals surface area contributed by atoms with Crippen LogP contribution in [-0.4, -0.2) is 38.2 Å². The van der Waals surface area contributed by atoms with Crippen molar-refractivity contribution in [2.45, 2.75) is 25.6 Å². The lowest BCUT2D eigenvalue weighted by Crippen LogP contribution is -2.51. The van der Waals surface area contributed by atoms with Gasteiger partial charge in [-0.05, 0) is 17.7 Å². The monoisotopic (exact) mass is 472 g/mol. The van der Waals surface area contributed by atoms with Gasteiger partial charge >= 0.3 is 0 Å². The van der Waals surface area contributed by atoms with Crippen molar-refractivity contribution in [1.29, 1.82) is 0 Å². The average molecular weight is 473 g/mol. The van der Waals surface area contributed by atoms with Gasteiger partial charge in [-0.15, -0.1) is 0 Å². The predicted octanol–water partition coefficient (Wildman–Crippen LogP) is 4.11. The number of carbonyl (C=O) groups excluding carboxylic acids is 2. The molecule has 0 amide bonds. The van der Waals surface area contributed by atoms with E-state index in [0.717, 1.165) is 5.56 Å². The van der Waals surface area contributed by atoms with Gasteiger partial charge in [0.05, 0.1) is 14.2 Å². The first-order valence-corrected chi connectivity index (χ1v) is 10.7. The first-order chi connectivity index (χ1) is 15.9. The van der Waals surface area contributed by atoms with Crippen molar-refractivity contribution in [3.8, 4) is 28.7 Å². The Morgan fingerprint density at radius 3 is 2.61 bits per heavy atom. The molecule has 3 aliphatic rings. The standard InChI is InChI=1S/C24H21ClO8/c1-12-6-14(26)8-19(30-10-13-4-5-15-16(7-13)32-11-31-15)24(12)23(27)20-17(28-2)9-18(29-3)21(25)22(20)33-24/h4-5,7-9,12H,6,10-11H2,1-3H3/t12-,24+/m1/s1. The molecule has 0 aromatic heterocycles. The van der Waals surface area contributed by atoms with Gasteiger partial charge in [0.15, 0.2) is 28.8 Å². The summed E-state index contributed by atoms with van der Waals surface area (Å²) in [4.78, 5) is 26.3. The number of hydrogen-bond acceptors (Lipinski definition) is 8. The van der Waals surface area contributed by atoms with Gasteiger partial charge in [-0.1, -0.05) is 24.6 Å². The van der Waals surface area contributed by atoms with Gasteiger partial charge in [-0.2, -0.15) is 0 Å². The van der Waals surface area contributed by atoms with Gasteiger partial charge in [0.25, 0.3) is 0 Å². The first kappa shape index (κ1) is 21.5. The third kappa shape index (κ3) is 3.20. The fourth-order valence-electron chi connectivity index (χ4n) is 4.43. The summed E-state index contributed by atoms with van der Waals surface area (Å²) in [5, 5.41) is 0.151. The maximum atomic E-state index is 13.8. The zero-order chi connectivity index (χ0) is 23.3. The Morgan fingerprint density at radius 1 is 1.09 bits per heavy atom. The predicted molar refractivity (Wildman–Crippen MR) is 116 cm³/mol. The molecule has 2 atom stereocenters. The fourth-order valence-corrected chi connectivity index (χ4v) is 4.69. The Bertz CT molecular complexity index is 1200. The molecule has 2 aliphatic heterocycles. The number of fused-ring (bicyclic) bond motifs is 2. The number of ether oxygens (including phenoxy) is 6. The summed E-state index contributed by atoms with van der Waals surface area (Å²) in [7, 11) is 2.91. The van der Waals surface area contributed by atoms with E-state index in [9.17, 15) is 9.59 Å². The van der Waals surface area contributed by atoms with Gasteiger partial charge in [0.1, 0.15) is 28.7 Å². The van der Waals surface area contributed by atoms with Crippen LogP contribution in [0.4, 0.5) is 0 Å². The minimum absolute atomic E-state index is 0.0887. The van der Waals surface area contributed by atoms with Crippen LogP contribution in [0.5, 0.6) is 28.7 Å². The molecule has 0 radical (unpaired) electrons. The number of rotatable bonds is 5. The second-order valence-electron chi connectivity index (χ2n) is 8.02. The van der Waals surface area contributed by atoms with Crippen molar-refractivity contribution in [2.75, 3.05) is 21.0 Å². The number of methoxy groups -OCH3 is 2. The van der Waals surface area contributed by atoms with Crippen molar-refractivity contribution in [1.82, 2.24) is 0 Å². The summed E-state index contributed by atoms with van der Waals surface area (Å²) in [6, 6.07) is 6.94. The van der Waals surface area contributed by atoms with E-state index in [-0.39, 0.29) is 59.2 Å². The van der Waals surface area contributed by atoms with E-state index in [2.05, 4.69) is 0 Å². The molecule has 0 bridgehead atoms. The van der Waals surface area contributed by atoms with Crippen LogP contribution in [0.15, 0.2) is 36.1 Å². The Hall–Kier alpha value is -3.39. The topological polar surface area (TPSA) is 89.5 Å². The van der Waals surface area contributed by atoms with Crippen molar-refractivity contribution >= 4 is 23.2 Å². The van der Waals surface area contributed by atoms with E-state index in [1.165, 1.54) is 26.4 Å². The van der Waals surface area contributed by atoms with E-state index < -0.39 is 11.5 Å². The molecule has 5 rings (SSSR count). The van der Waals surface area contributed by atoms with Gasteiger partial charge in [-0.25, -0.2) is 0 Å². The van der Waals surface area contributed by atoms with Crippen LogP contribution in [0.2, 0.25) is 5.02 Å². The number of carbonyl (C=O) groups is 2. The molecule has 0 N–H and O–H groups in total. The molecule has 2 aromatic rings. The van der Waals surface area contributed by atoms with Crippen LogP contribution >= 0.6 is 11.6 Å². The van der Waals surface area contributed by atoms with E-state index >= 15 is 0 Å². The molecular formula is C24H21ClO8. The van der Waals surface area contributed by atoms with E-state index in [1.807, 2.05) is 6.07 Å². The maximum Gasteiger partial charge on any atom is 0.231 e. The van der Waals surface area contributed by atoms with Crippen LogP contribution in [0.1, 0.15) is 29.3 Å². The van der Waals surface area contributed by atoms with Crippen LogP contribution < -0.4 is 23.7 Å². The normalized spacial score (nSPS) is 22.7. The van der Waals surface area contributed by atoms with Crippen LogP contribution in [0.3, 0.4) is 0 Å². The number of hydrogen-bond donors (Lipinski definition) is 0. The molecule has 1 spiro atoms. The largest absolute Gasteiger partial charge is 0.496 e. The van der Waals surface area contributed by atoms with Crippen molar-refractivity contribution < 1.29 is 38.0 Å². The van der Waals surface area contributed by atoms with E-state index in [1.54, 1.807) is 19.1 Å². The third-order valence-electron chi connectivity index (χ3n) is 6.11. The smallest absolute Gasteiger partial charge is 0.231 e. The molecule has 0 unspecified atom stereocenters. The first-order valence-electron chi connectivity index (χ1n) is 10.3. The average Bonchev–Trinajstić information content (AvgIpc) is 3.39. The zero-order valence-corrected chi connectivity index (χ0v) is 19.0. The second-order valence-corrected chi connectivity index (χ2v) is 8.40. The second kappa shape index (κ2) is 7.88. The molecule has 0 saturated carbocycles. The third-order valence-corrected chi connectivity index (χ3v) is 6.47. The lowest BCUT2D eigenvalue weighted by molar-refractivity contribution is -0.118. The van der Waals surface area contributed by atoms with Gasteiger partial charge in [0.2, 0.25) is 18.2 Å². The molecule has 0 saturated heterocycles. The molecule has 2 aromatic carbocycles. The summed E-state index contributed by atoms with van der Waals surface area (Å²) in [6.45, 7) is 2.02. The number of Topliss-reactive ketones (excluding diaryl/α,β-unsaturated/α-hetero) is 1. The molecule has 0 fully saturated rings. The maximum absolute atomic E-state index is 13.8. The number of allylic oxidation sites excluding steroid dienone is 1. The number of ketones is 2. The molecule has 172 valence electrons. The highest BCUT2D eigenvalue weighted by atomic mass is 35.5. The van der Waals surface area contributed by atoms with Crippen LogP contribution in [-0.2, 0) is 16.1 Å². The van der Waals surface area contributed by atoms with Gasteiger partial charge < -0.3 is 28.4 Å². The molecule has 33 heavy (non-hydrogen) atoms. The minimum Gasteiger partial charge on any atom is -0.496 e. The lowest BCUT2D eigenvalue weighted by Gasteiger charge is -2.37. The Labute approximate surface area is 194 Å². The van der Waals surface area contributed by atoms with E-state index in [4.69, 9.17) is 40.0 Å². The molecule has 9 heteroatoms. The highest BCUT2D eigenvalue weighted by Crippen LogP contribution is 2.54. The van der Waals surface area contributed by atoms with Crippen molar-refractivity contribution in [2.24, 2.45) is 5.92 Å². The number of benzene rings is 2. The van der Waals surface area contributed by atoms with E-state index in [0.29, 0.717) is 17.2 Å². The highest BCUT2D eigenvalue weighted by Gasteiger charge is 2.60. The van der Waals surface area contributed by atoms with Crippen LogP contribution in [0, 0.1) is 5.92 Å². The zero-order valence-electron chi connectivity index (χ0n) is 18.2. The van der Waals surface area contributed by atoms with Gasteiger partial charge in [0, 0.05) is 24.5 Å². The highest BCUT2D eigenvalue weighted by molar-refractivity contribution is 6.35. The molecule has 2 heterocycles. The summed E-state index contributed by atoms with van der Waals surface area (Å²) < 4.78 is 33.8. The summed E-state index contributed by atoms with van der Waals surface area (Å²) in [5.41, 5.74) is -0.570. The van der Waals surface area contributed by atoms with Crippen molar-refractivity contribution in [3.05, 3.63) is 52.3 Å². The SMILES string of the molecule is COc1cc(OC)c2c(c1Cl)O[C@]1(C2=O)C(OCc2ccc3c(c2)OCO3)=CC(=O)C[C@H]1C. The lowest BCUT2D eigenvalue weighted by atomic mass is 9.75. The Morgan fingerprint density at radius 2 is 1.85 bits per heavy atom. The summed E-state index contributed by atoms with van der Waals surface area (Å²) in [5.74, 6) is 1.07. The summed E-state index contributed by atoms with van der Waals surface area (Å²) in [6.07, 6.45) is 1.45. The number of halogens is 1. The van der Waals surface area contributed by atoms with Gasteiger partial charge in [-0.3, -0.25) is 9.59 Å². The quantitative estimate of drug-likeness (QED) is 0.642.